The number of hydrogen-bond acceptors (Lipinski definition) is 4. The monoisotopic (exact) mass is 460 g/mol. The highest BCUT2D eigenvalue weighted by Gasteiger charge is 2.38. The summed E-state index contributed by atoms with van der Waals surface area (Å²) in [6.07, 6.45) is 6.27. The van der Waals surface area contributed by atoms with Crippen LogP contribution in [0.2, 0.25) is 0 Å². The normalized spacial score (nSPS) is 15.7. The number of aromatic nitrogens is 2. The summed E-state index contributed by atoms with van der Waals surface area (Å²) in [5.74, 6) is 2.14. The van der Waals surface area contributed by atoms with Crippen molar-refractivity contribution in [1.29, 1.82) is 0 Å². The third-order valence-electron chi connectivity index (χ3n) is 6.93. The van der Waals surface area contributed by atoms with Crippen LogP contribution in [0.3, 0.4) is 0 Å². The van der Waals surface area contributed by atoms with Gasteiger partial charge in [0, 0.05) is 44.4 Å². The van der Waals surface area contributed by atoms with E-state index in [-0.39, 0.29) is 11.3 Å². The van der Waals surface area contributed by atoms with Crippen molar-refractivity contribution in [1.82, 2.24) is 19.4 Å². The number of piperidine rings is 1. The number of hydrogen-bond donors (Lipinski definition) is 0. The van der Waals surface area contributed by atoms with Crippen molar-refractivity contribution >= 4 is 5.91 Å². The van der Waals surface area contributed by atoms with Crippen LogP contribution in [-0.4, -0.2) is 52.0 Å². The first kappa shape index (κ1) is 24.0. The molecule has 4 rings (SSSR count). The highest BCUT2D eigenvalue weighted by molar-refractivity contribution is 5.76. The third-order valence-corrected chi connectivity index (χ3v) is 6.93. The number of rotatable bonds is 10. The zero-order valence-electron chi connectivity index (χ0n) is 20.4. The van der Waals surface area contributed by atoms with E-state index >= 15 is 0 Å². The molecule has 1 aliphatic rings. The quantitative estimate of drug-likeness (QED) is 0.443. The fourth-order valence-corrected chi connectivity index (χ4v) is 4.69. The van der Waals surface area contributed by atoms with Crippen LogP contribution in [0.5, 0.6) is 5.75 Å². The number of likely N-dealkylation sites (tertiary alicyclic amines) is 1. The maximum absolute atomic E-state index is 13.3. The van der Waals surface area contributed by atoms with Gasteiger partial charge in [-0.2, -0.15) is 0 Å². The van der Waals surface area contributed by atoms with Gasteiger partial charge in [0.15, 0.2) is 0 Å². The van der Waals surface area contributed by atoms with Gasteiger partial charge in [0.05, 0.1) is 13.2 Å². The lowest BCUT2D eigenvalue weighted by molar-refractivity contribution is -0.134. The molecule has 6 heteroatoms. The van der Waals surface area contributed by atoms with Crippen molar-refractivity contribution in [2.45, 2.75) is 45.8 Å². The number of carbonyl (C=O) groups is 1. The van der Waals surface area contributed by atoms with Gasteiger partial charge in [-0.1, -0.05) is 48.5 Å². The van der Waals surface area contributed by atoms with Gasteiger partial charge in [-0.05, 0) is 50.6 Å². The second-order valence-corrected chi connectivity index (χ2v) is 9.42. The van der Waals surface area contributed by atoms with Gasteiger partial charge < -0.3 is 14.2 Å². The predicted molar refractivity (Wildman–Crippen MR) is 134 cm³/mol. The van der Waals surface area contributed by atoms with Gasteiger partial charge in [0.1, 0.15) is 11.6 Å². The minimum Gasteiger partial charge on any atom is -0.493 e. The molecule has 0 saturated carbocycles. The van der Waals surface area contributed by atoms with Crippen molar-refractivity contribution in [2.75, 3.05) is 26.7 Å². The lowest BCUT2D eigenvalue weighted by Gasteiger charge is -2.41. The minimum atomic E-state index is -0.172. The average molecular weight is 461 g/mol. The molecule has 0 radical (unpaired) electrons. The number of imidazole rings is 1. The molecule has 2 aromatic carbocycles. The first-order chi connectivity index (χ1) is 16.6. The Balaban J connectivity index is 1.41. The van der Waals surface area contributed by atoms with Crippen LogP contribution < -0.4 is 4.74 Å². The maximum atomic E-state index is 13.3. The lowest BCUT2D eigenvalue weighted by Crippen LogP contribution is -2.45. The Kier molecular flexibility index (Phi) is 8.01. The molecular formula is C28H36N4O2. The summed E-state index contributed by atoms with van der Waals surface area (Å²) >= 11 is 0. The van der Waals surface area contributed by atoms with Crippen molar-refractivity contribution in [2.24, 2.45) is 5.41 Å². The molecule has 3 aromatic rings. The first-order valence-corrected chi connectivity index (χ1v) is 12.2. The summed E-state index contributed by atoms with van der Waals surface area (Å²) in [5, 5.41) is 0. The Bertz CT molecular complexity index is 1030. The molecule has 1 aliphatic heterocycles. The fraction of sp³-hybridized carbons (Fsp3) is 0.429. The van der Waals surface area contributed by atoms with Crippen molar-refractivity contribution in [3.05, 3.63) is 84.4 Å². The van der Waals surface area contributed by atoms with Crippen molar-refractivity contribution < 1.29 is 9.53 Å². The third kappa shape index (κ3) is 6.26. The average Bonchev–Trinajstić information content (AvgIpc) is 3.32. The molecule has 1 fully saturated rings. The van der Waals surface area contributed by atoms with E-state index in [9.17, 15) is 4.79 Å². The molecule has 0 bridgehead atoms. The zero-order chi connectivity index (χ0) is 23.8. The smallest absolute Gasteiger partial charge is 0.223 e. The Labute approximate surface area is 203 Å². The van der Waals surface area contributed by atoms with E-state index in [1.165, 1.54) is 0 Å². The molecule has 6 nitrogen and oxygen atoms in total. The van der Waals surface area contributed by atoms with Crippen LogP contribution in [-0.2, 0) is 24.4 Å². The van der Waals surface area contributed by atoms with Crippen LogP contribution in [0.4, 0.5) is 0 Å². The van der Waals surface area contributed by atoms with Crippen LogP contribution in [0, 0.1) is 5.41 Å². The van der Waals surface area contributed by atoms with E-state index in [4.69, 9.17) is 4.74 Å². The van der Waals surface area contributed by atoms with Gasteiger partial charge in [-0.25, -0.2) is 4.98 Å². The Morgan fingerprint density at radius 3 is 2.41 bits per heavy atom. The second kappa shape index (κ2) is 11.3. The molecular weight excluding hydrogens is 424 g/mol. The number of para-hydroxylation sites is 1. The number of benzene rings is 2. The number of ether oxygens (including phenoxy) is 1. The van der Waals surface area contributed by atoms with E-state index in [2.05, 4.69) is 33.5 Å². The summed E-state index contributed by atoms with van der Waals surface area (Å²) in [7, 11) is 1.90. The SMILES string of the molecule is CCn1ccnc1CN1CCC(COc2ccccc2)(CC(=O)N(C)Cc2ccccc2)CC1. The summed E-state index contributed by atoms with van der Waals surface area (Å²) < 4.78 is 8.42. The van der Waals surface area contributed by atoms with E-state index in [1.54, 1.807) is 0 Å². The number of nitrogens with zero attached hydrogens (tertiary/aromatic N) is 4. The highest BCUT2D eigenvalue weighted by atomic mass is 16.5. The molecule has 1 saturated heterocycles. The van der Waals surface area contributed by atoms with E-state index < -0.39 is 0 Å². The number of aryl methyl sites for hydroxylation is 1. The number of amides is 1. The largest absolute Gasteiger partial charge is 0.493 e. The van der Waals surface area contributed by atoms with E-state index in [0.717, 1.165) is 56.2 Å². The second-order valence-electron chi connectivity index (χ2n) is 9.42. The molecule has 180 valence electrons. The van der Waals surface area contributed by atoms with Gasteiger partial charge >= 0.3 is 0 Å². The van der Waals surface area contributed by atoms with Gasteiger partial charge in [0.2, 0.25) is 5.91 Å². The molecule has 0 aliphatic carbocycles. The molecule has 0 N–H and O–H groups in total. The summed E-state index contributed by atoms with van der Waals surface area (Å²) in [5.41, 5.74) is 0.975. The molecule has 1 aromatic heterocycles. The van der Waals surface area contributed by atoms with Gasteiger partial charge in [-0.3, -0.25) is 9.69 Å². The summed E-state index contributed by atoms with van der Waals surface area (Å²) in [4.78, 5) is 22.1. The molecule has 0 spiro atoms. The molecule has 0 atom stereocenters. The Hall–Kier alpha value is -3.12. The molecule has 2 heterocycles. The van der Waals surface area contributed by atoms with Gasteiger partial charge in [-0.15, -0.1) is 0 Å². The predicted octanol–water partition coefficient (Wildman–Crippen LogP) is 4.61. The Morgan fingerprint density at radius 2 is 1.74 bits per heavy atom. The number of carbonyl (C=O) groups excluding carboxylic acids is 1. The van der Waals surface area contributed by atoms with E-state index in [1.807, 2.05) is 72.9 Å². The molecule has 0 unspecified atom stereocenters. The zero-order valence-corrected chi connectivity index (χ0v) is 20.4. The van der Waals surface area contributed by atoms with Crippen LogP contribution in [0.1, 0.15) is 37.6 Å². The van der Waals surface area contributed by atoms with Crippen LogP contribution >= 0.6 is 0 Å². The minimum absolute atomic E-state index is 0.172. The van der Waals surface area contributed by atoms with Crippen molar-refractivity contribution in [3.63, 3.8) is 0 Å². The fourth-order valence-electron chi connectivity index (χ4n) is 4.69. The molecule has 1 amide bonds. The molecule has 34 heavy (non-hydrogen) atoms. The summed E-state index contributed by atoms with van der Waals surface area (Å²) in [6, 6.07) is 20.1. The van der Waals surface area contributed by atoms with E-state index in [0.29, 0.717) is 19.6 Å². The topological polar surface area (TPSA) is 50.6 Å². The highest BCUT2D eigenvalue weighted by Crippen LogP contribution is 2.37. The van der Waals surface area contributed by atoms with Gasteiger partial charge in [0.25, 0.3) is 0 Å². The standard InChI is InChI=1S/C28H36N4O2/c1-3-32-19-16-29-26(32)22-31-17-14-28(15-18-31,23-34-25-12-8-5-9-13-25)20-27(33)30(2)21-24-10-6-4-7-11-24/h4-13,16,19H,3,14-15,17-18,20-23H2,1-2H3. The van der Waals surface area contributed by atoms with Crippen LogP contribution in [0.15, 0.2) is 73.1 Å². The maximum Gasteiger partial charge on any atom is 0.223 e. The first-order valence-electron chi connectivity index (χ1n) is 12.2. The lowest BCUT2D eigenvalue weighted by atomic mass is 9.76. The van der Waals surface area contributed by atoms with Crippen LogP contribution in [0.25, 0.3) is 0 Å². The van der Waals surface area contributed by atoms with Crippen molar-refractivity contribution in [3.8, 4) is 5.75 Å². The Morgan fingerprint density at radius 1 is 1.06 bits per heavy atom. The summed E-state index contributed by atoms with van der Waals surface area (Å²) in [6.45, 7) is 6.97.